The molecular formula is C17H21N3O3. The van der Waals surface area contributed by atoms with Crippen LogP contribution >= 0.6 is 0 Å². The van der Waals surface area contributed by atoms with E-state index < -0.39 is 6.09 Å². The van der Waals surface area contributed by atoms with Crippen LogP contribution in [0.25, 0.3) is 0 Å². The highest BCUT2D eigenvalue weighted by Gasteiger charge is 2.12. The fourth-order valence-electron chi connectivity index (χ4n) is 2.04. The number of nitrogen functional groups attached to an aromatic ring is 1. The van der Waals surface area contributed by atoms with Crippen molar-refractivity contribution in [3.8, 4) is 5.75 Å². The van der Waals surface area contributed by atoms with Crippen molar-refractivity contribution in [2.75, 3.05) is 11.1 Å². The highest BCUT2D eigenvalue weighted by atomic mass is 16.6. The number of ether oxygens (including phenoxy) is 2. The van der Waals surface area contributed by atoms with E-state index >= 15 is 0 Å². The molecule has 0 saturated carbocycles. The normalized spacial score (nSPS) is 10.4. The monoisotopic (exact) mass is 315 g/mol. The van der Waals surface area contributed by atoms with Crippen molar-refractivity contribution in [3.05, 3.63) is 47.7 Å². The van der Waals surface area contributed by atoms with Gasteiger partial charge in [-0.25, -0.2) is 9.78 Å². The molecule has 1 aromatic heterocycles. The van der Waals surface area contributed by atoms with Crippen LogP contribution in [0.15, 0.2) is 36.5 Å². The number of hydrogen-bond acceptors (Lipinski definition) is 5. The topological polar surface area (TPSA) is 86.5 Å². The molecule has 0 saturated heterocycles. The maximum absolute atomic E-state index is 11.8. The number of carbonyl (C=O) groups excluding carboxylic acids is 1. The average Bonchev–Trinajstić information content (AvgIpc) is 2.47. The summed E-state index contributed by atoms with van der Waals surface area (Å²) in [5.41, 5.74) is 8.27. The first-order valence-corrected chi connectivity index (χ1v) is 7.36. The summed E-state index contributed by atoms with van der Waals surface area (Å²) in [6.45, 7) is 5.81. The number of nitrogens with two attached hydrogens (primary N) is 1. The molecule has 122 valence electrons. The van der Waals surface area contributed by atoms with Gasteiger partial charge in [-0.05, 0) is 44.5 Å². The quantitative estimate of drug-likeness (QED) is 0.881. The molecule has 0 atom stereocenters. The molecule has 1 aromatic carbocycles. The molecule has 1 amide bonds. The summed E-state index contributed by atoms with van der Waals surface area (Å²) in [6.07, 6.45) is 0.924. The van der Waals surface area contributed by atoms with E-state index in [0.717, 1.165) is 11.1 Å². The lowest BCUT2D eigenvalue weighted by Crippen LogP contribution is -2.19. The Hall–Kier alpha value is -2.76. The second kappa shape index (κ2) is 7.49. The highest BCUT2D eigenvalue weighted by Crippen LogP contribution is 2.24. The van der Waals surface area contributed by atoms with Crippen LogP contribution in [0.1, 0.15) is 25.0 Å². The number of aromatic nitrogens is 1. The Morgan fingerprint density at radius 3 is 2.78 bits per heavy atom. The van der Waals surface area contributed by atoms with Gasteiger partial charge < -0.3 is 15.2 Å². The van der Waals surface area contributed by atoms with Crippen LogP contribution in [0.4, 0.5) is 16.3 Å². The standard InChI is InChI=1S/C17H21N3O3/c1-11(2)23-17(21)20-14-7-4-6-12(3)13(14)10-22-15-8-5-9-19-16(15)18/h4-9,11H,10H2,1-3H3,(H2,18,19)(H,20,21). The fraction of sp³-hybridized carbons (Fsp3) is 0.294. The number of pyridine rings is 1. The number of nitrogens with one attached hydrogen (secondary N) is 1. The van der Waals surface area contributed by atoms with Gasteiger partial charge in [-0.15, -0.1) is 0 Å². The third-order valence-electron chi connectivity index (χ3n) is 3.16. The minimum absolute atomic E-state index is 0.185. The molecule has 1 heterocycles. The lowest BCUT2D eigenvalue weighted by molar-refractivity contribution is 0.130. The summed E-state index contributed by atoms with van der Waals surface area (Å²) in [5.74, 6) is 0.835. The van der Waals surface area contributed by atoms with Gasteiger partial charge in [0.2, 0.25) is 0 Å². The number of aryl methyl sites for hydroxylation is 1. The van der Waals surface area contributed by atoms with Gasteiger partial charge in [0.1, 0.15) is 6.61 Å². The Labute approximate surface area is 135 Å². The third kappa shape index (κ3) is 4.60. The zero-order valence-corrected chi connectivity index (χ0v) is 13.5. The molecule has 0 aliphatic carbocycles. The van der Waals surface area contributed by atoms with Gasteiger partial charge in [0.05, 0.1) is 11.8 Å². The lowest BCUT2D eigenvalue weighted by Gasteiger charge is -2.16. The number of anilines is 2. The van der Waals surface area contributed by atoms with Crippen LogP contribution in [-0.2, 0) is 11.3 Å². The molecule has 6 heteroatoms. The first-order chi connectivity index (χ1) is 11.0. The molecule has 2 rings (SSSR count). The molecule has 3 N–H and O–H groups in total. The van der Waals surface area contributed by atoms with E-state index in [4.69, 9.17) is 15.2 Å². The number of carbonyl (C=O) groups is 1. The van der Waals surface area contributed by atoms with E-state index in [0.29, 0.717) is 17.3 Å². The van der Waals surface area contributed by atoms with Gasteiger partial charge in [-0.3, -0.25) is 5.32 Å². The van der Waals surface area contributed by atoms with Gasteiger partial charge in [-0.2, -0.15) is 0 Å². The van der Waals surface area contributed by atoms with Gasteiger partial charge in [0, 0.05) is 11.8 Å². The summed E-state index contributed by atoms with van der Waals surface area (Å²) >= 11 is 0. The largest absolute Gasteiger partial charge is 0.485 e. The van der Waals surface area contributed by atoms with Gasteiger partial charge >= 0.3 is 6.09 Å². The van der Waals surface area contributed by atoms with Crippen molar-refractivity contribution in [2.45, 2.75) is 33.5 Å². The van der Waals surface area contributed by atoms with Crippen molar-refractivity contribution >= 4 is 17.6 Å². The smallest absolute Gasteiger partial charge is 0.411 e. The van der Waals surface area contributed by atoms with E-state index in [1.807, 2.05) is 19.1 Å². The van der Waals surface area contributed by atoms with Crippen molar-refractivity contribution in [1.82, 2.24) is 4.98 Å². The average molecular weight is 315 g/mol. The van der Waals surface area contributed by atoms with Crippen LogP contribution in [0.3, 0.4) is 0 Å². The molecule has 0 aliphatic heterocycles. The zero-order valence-electron chi connectivity index (χ0n) is 13.5. The van der Waals surface area contributed by atoms with Crippen LogP contribution in [-0.4, -0.2) is 17.2 Å². The summed E-state index contributed by atoms with van der Waals surface area (Å²) in [6, 6.07) is 9.12. The number of rotatable bonds is 5. The van der Waals surface area contributed by atoms with Crippen LogP contribution < -0.4 is 15.8 Å². The molecule has 0 aliphatic rings. The second-order valence-electron chi connectivity index (χ2n) is 5.36. The van der Waals surface area contributed by atoms with Crippen molar-refractivity contribution in [3.63, 3.8) is 0 Å². The Morgan fingerprint density at radius 1 is 1.30 bits per heavy atom. The van der Waals surface area contributed by atoms with Crippen LogP contribution in [0, 0.1) is 6.92 Å². The second-order valence-corrected chi connectivity index (χ2v) is 5.36. The van der Waals surface area contributed by atoms with E-state index in [2.05, 4.69) is 10.3 Å². The van der Waals surface area contributed by atoms with Gasteiger partial charge in [0.25, 0.3) is 0 Å². The predicted octanol–water partition coefficient (Wildman–Crippen LogP) is 3.51. The molecule has 23 heavy (non-hydrogen) atoms. The first kappa shape index (κ1) is 16.6. The zero-order chi connectivity index (χ0) is 16.8. The van der Waals surface area contributed by atoms with Gasteiger partial charge in [-0.1, -0.05) is 12.1 Å². The Morgan fingerprint density at radius 2 is 2.09 bits per heavy atom. The summed E-state index contributed by atoms with van der Waals surface area (Å²) < 4.78 is 10.8. The predicted molar refractivity (Wildman–Crippen MR) is 89.4 cm³/mol. The number of amides is 1. The lowest BCUT2D eigenvalue weighted by atomic mass is 10.1. The number of hydrogen-bond donors (Lipinski definition) is 2. The summed E-state index contributed by atoms with van der Waals surface area (Å²) in [5, 5.41) is 2.75. The molecule has 0 radical (unpaired) electrons. The molecule has 0 spiro atoms. The third-order valence-corrected chi connectivity index (χ3v) is 3.16. The minimum atomic E-state index is -0.493. The van der Waals surface area contributed by atoms with Crippen LogP contribution in [0.2, 0.25) is 0 Å². The minimum Gasteiger partial charge on any atom is -0.485 e. The maximum atomic E-state index is 11.8. The molecule has 6 nitrogen and oxygen atoms in total. The maximum Gasteiger partial charge on any atom is 0.411 e. The van der Waals surface area contributed by atoms with Crippen LogP contribution in [0.5, 0.6) is 5.75 Å². The Balaban J connectivity index is 2.14. The van der Waals surface area contributed by atoms with Crippen molar-refractivity contribution in [1.29, 1.82) is 0 Å². The van der Waals surface area contributed by atoms with E-state index in [1.165, 1.54) is 0 Å². The number of benzene rings is 1. The molecule has 0 unspecified atom stereocenters. The highest BCUT2D eigenvalue weighted by molar-refractivity contribution is 5.86. The molecular weight excluding hydrogens is 294 g/mol. The van der Waals surface area contributed by atoms with Crippen molar-refractivity contribution in [2.24, 2.45) is 0 Å². The Bertz CT molecular complexity index is 687. The fourth-order valence-corrected chi connectivity index (χ4v) is 2.04. The van der Waals surface area contributed by atoms with E-state index in [-0.39, 0.29) is 12.7 Å². The SMILES string of the molecule is Cc1cccc(NC(=O)OC(C)C)c1COc1cccnc1N. The molecule has 0 fully saturated rings. The van der Waals surface area contributed by atoms with Gasteiger partial charge in [0.15, 0.2) is 11.6 Å². The van der Waals surface area contributed by atoms with E-state index in [1.54, 1.807) is 38.2 Å². The van der Waals surface area contributed by atoms with E-state index in [9.17, 15) is 4.79 Å². The molecule has 2 aromatic rings. The summed E-state index contributed by atoms with van der Waals surface area (Å²) in [7, 11) is 0. The molecule has 0 bridgehead atoms. The number of nitrogens with zero attached hydrogens (tertiary/aromatic N) is 1. The Kier molecular flexibility index (Phi) is 5.41. The van der Waals surface area contributed by atoms with Crippen molar-refractivity contribution < 1.29 is 14.3 Å². The summed E-state index contributed by atoms with van der Waals surface area (Å²) in [4.78, 5) is 15.8. The first-order valence-electron chi connectivity index (χ1n) is 7.36.